The summed E-state index contributed by atoms with van der Waals surface area (Å²) in [6.45, 7) is 6.35. The van der Waals surface area contributed by atoms with Crippen LogP contribution in [0.3, 0.4) is 0 Å². The molecule has 1 rings (SSSR count). The molecule has 0 saturated carbocycles. The van der Waals surface area contributed by atoms with Crippen molar-refractivity contribution in [2.75, 3.05) is 20.3 Å². The monoisotopic (exact) mass is 314 g/mol. The fraction of sp³-hybridized carbons (Fsp3) is 0.600. The second kappa shape index (κ2) is 7.73. The summed E-state index contributed by atoms with van der Waals surface area (Å²) in [5.74, 6) is -0.250. The van der Waals surface area contributed by atoms with Gasteiger partial charge in [0.1, 0.15) is 5.15 Å². The Morgan fingerprint density at radius 2 is 2.14 bits per heavy atom. The summed E-state index contributed by atoms with van der Waals surface area (Å²) < 4.78 is 5.03. The van der Waals surface area contributed by atoms with Gasteiger partial charge in [-0.15, -0.1) is 0 Å². The predicted molar refractivity (Wildman–Crippen MR) is 82.8 cm³/mol. The maximum atomic E-state index is 12.3. The average Bonchev–Trinajstić information content (AvgIpc) is 2.37. The number of aromatic nitrogens is 1. The van der Waals surface area contributed by atoms with E-state index in [0.29, 0.717) is 18.6 Å². The van der Waals surface area contributed by atoms with Crippen LogP contribution < -0.4 is 5.32 Å². The lowest BCUT2D eigenvalue weighted by Gasteiger charge is -2.20. The molecule has 0 aliphatic carbocycles. The molecule has 1 atom stereocenters. The van der Waals surface area contributed by atoms with E-state index in [-0.39, 0.29) is 29.1 Å². The van der Waals surface area contributed by atoms with Gasteiger partial charge in [-0.25, -0.2) is 4.98 Å². The molecule has 21 heavy (non-hydrogen) atoms. The number of hydrogen-bond donors (Lipinski definition) is 2. The van der Waals surface area contributed by atoms with Crippen molar-refractivity contribution in [3.63, 3.8) is 0 Å². The van der Waals surface area contributed by atoms with E-state index in [1.54, 1.807) is 13.2 Å². The molecule has 1 unspecified atom stereocenters. The molecule has 0 fully saturated rings. The number of pyridine rings is 1. The molecule has 0 radical (unpaired) electrons. The van der Waals surface area contributed by atoms with Crippen molar-refractivity contribution in [2.45, 2.75) is 38.6 Å². The maximum Gasteiger partial charge on any atom is 0.251 e. The number of aliphatic hydroxyl groups excluding tert-OH is 1. The van der Waals surface area contributed by atoms with Gasteiger partial charge in [0.05, 0.1) is 12.6 Å². The predicted octanol–water partition coefficient (Wildman–Crippen LogP) is 2.16. The smallest absolute Gasteiger partial charge is 0.251 e. The molecule has 1 aromatic rings. The molecular formula is C15H23ClN2O3. The van der Waals surface area contributed by atoms with Crippen molar-refractivity contribution in [2.24, 2.45) is 0 Å². The first-order valence-corrected chi connectivity index (χ1v) is 7.24. The van der Waals surface area contributed by atoms with Crippen LogP contribution in [0.4, 0.5) is 0 Å². The Bertz CT molecular complexity index is 480. The third-order valence-corrected chi connectivity index (χ3v) is 3.20. The van der Waals surface area contributed by atoms with Crippen molar-refractivity contribution < 1.29 is 14.6 Å². The molecule has 6 heteroatoms. The second-order valence-electron chi connectivity index (χ2n) is 5.95. The van der Waals surface area contributed by atoms with E-state index in [0.717, 1.165) is 5.69 Å². The lowest BCUT2D eigenvalue weighted by molar-refractivity contribution is 0.0878. The summed E-state index contributed by atoms with van der Waals surface area (Å²) in [5, 5.41) is 12.1. The van der Waals surface area contributed by atoms with Crippen molar-refractivity contribution in [1.29, 1.82) is 0 Å². The van der Waals surface area contributed by atoms with Crippen LogP contribution in [-0.2, 0) is 10.2 Å². The molecule has 2 N–H and O–H groups in total. The topological polar surface area (TPSA) is 71.5 Å². The van der Waals surface area contributed by atoms with Crippen LogP contribution in [0, 0.1) is 0 Å². The number of nitrogens with one attached hydrogen (secondary N) is 1. The van der Waals surface area contributed by atoms with Gasteiger partial charge in [-0.3, -0.25) is 4.79 Å². The van der Waals surface area contributed by atoms with E-state index in [9.17, 15) is 4.79 Å². The average molecular weight is 315 g/mol. The Labute approximate surface area is 130 Å². The number of aliphatic hydroxyl groups is 1. The highest BCUT2D eigenvalue weighted by atomic mass is 35.5. The zero-order valence-corrected chi connectivity index (χ0v) is 13.7. The molecule has 0 saturated heterocycles. The largest absolute Gasteiger partial charge is 0.396 e. The number of hydrogen-bond acceptors (Lipinski definition) is 4. The van der Waals surface area contributed by atoms with E-state index < -0.39 is 0 Å². The van der Waals surface area contributed by atoms with Gasteiger partial charge in [0.25, 0.3) is 5.91 Å². The summed E-state index contributed by atoms with van der Waals surface area (Å²) in [6, 6.07) is 3.04. The van der Waals surface area contributed by atoms with Gasteiger partial charge in [0.15, 0.2) is 0 Å². The van der Waals surface area contributed by atoms with Gasteiger partial charge in [0, 0.05) is 30.4 Å². The quantitative estimate of drug-likeness (QED) is 0.789. The molecule has 0 aliphatic rings. The Hall–Kier alpha value is -1.17. The normalized spacial score (nSPS) is 13.0. The van der Waals surface area contributed by atoms with E-state index in [2.05, 4.69) is 10.3 Å². The number of nitrogens with zero attached hydrogens (tertiary/aromatic N) is 1. The standard InChI is InChI=1S/C15H23ClN2O3/c1-15(2,3)12-7-10(8-13(16)18-12)14(20)17-11(5-6-19)9-21-4/h7-8,11,19H,5-6,9H2,1-4H3,(H,17,20). The van der Waals surface area contributed by atoms with E-state index in [4.69, 9.17) is 21.4 Å². The van der Waals surface area contributed by atoms with E-state index in [1.165, 1.54) is 6.07 Å². The first-order chi connectivity index (χ1) is 9.77. The minimum atomic E-state index is -0.250. The highest BCUT2D eigenvalue weighted by Gasteiger charge is 2.20. The molecule has 0 bridgehead atoms. The van der Waals surface area contributed by atoms with Crippen molar-refractivity contribution in [3.05, 3.63) is 28.5 Å². The summed E-state index contributed by atoms with van der Waals surface area (Å²) in [7, 11) is 1.55. The molecule has 118 valence electrons. The van der Waals surface area contributed by atoms with Crippen LogP contribution in [-0.4, -0.2) is 42.4 Å². The lowest BCUT2D eigenvalue weighted by Crippen LogP contribution is -2.38. The highest BCUT2D eigenvalue weighted by molar-refractivity contribution is 6.29. The summed E-state index contributed by atoms with van der Waals surface area (Å²) in [4.78, 5) is 16.6. The molecule has 0 spiro atoms. The van der Waals surface area contributed by atoms with Crippen LogP contribution in [0.15, 0.2) is 12.1 Å². The highest BCUT2D eigenvalue weighted by Crippen LogP contribution is 2.23. The van der Waals surface area contributed by atoms with Gasteiger partial charge in [-0.05, 0) is 18.6 Å². The third-order valence-electron chi connectivity index (χ3n) is 3.01. The third kappa shape index (κ3) is 5.61. The van der Waals surface area contributed by atoms with Gasteiger partial charge in [-0.2, -0.15) is 0 Å². The minimum Gasteiger partial charge on any atom is -0.396 e. The molecule has 5 nitrogen and oxygen atoms in total. The first-order valence-electron chi connectivity index (χ1n) is 6.86. The molecule has 0 aromatic carbocycles. The van der Waals surface area contributed by atoms with Crippen LogP contribution in [0.1, 0.15) is 43.2 Å². The molecule has 1 heterocycles. The fourth-order valence-corrected chi connectivity index (χ4v) is 2.04. The van der Waals surface area contributed by atoms with E-state index >= 15 is 0 Å². The number of rotatable bonds is 6. The first kappa shape index (κ1) is 17.9. The molecule has 1 amide bonds. The minimum absolute atomic E-state index is 0.0152. The van der Waals surface area contributed by atoms with Crippen molar-refractivity contribution in [3.8, 4) is 0 Å². The van der Waals surface area contributed by atoms with Gasteiger partial charge >= 0.3 is 0 Å². The molecule has 0 aliphatic heterocycles. The Morgan fingerprint density at radius 1 is 1.48 bits per heavy atom. The van der Waals surface area contributed by atoms with Gasteiger partial charge in [0.2, 0.25) is 0 Å². The number of carbonyl (C=O) groups is 1. The van der Waals surface area contributed by atoms with Crippen LogP contribution in [0.2, 0.25) is 5.15 Å². The van der Waals surface area contributed by atoms with E-state index in [1.807, 2.05) is 20.8 Å². The number of halogens is 1. The van der Waals surface area contributed by atoms with Crippen LogP contribution in [0.5, 0.6) is 0 Å². The Balaban J connectivity index is 2.93. The van der Waals surface area contributed by atoms with Crippen molar-refractivity contribution >= 4 is 17.5 Å². The Morgan fingerprint density at radius 3 is 2.67 bits per heavy atom. The number of carbonyl (C=O) groups excluding carboxylic acids is 1. The Kier molecular flexibility index (Phi) is 6.58. The van der Waals surface area contributed by atoms with Gasteiger partial charge in [-0.1, -0.05) is 32.4 Å². The number of methoxy groups -OCH3 is 1. The zero-order chi connectivity index (χ0) is 16.0. The SMILES string of the molecule is COCC(CCO)NC(=O)c1cc(Cl)nc(C(C)(C)C)c1. The number of ether oxygens (including phenoxy) is 1. The van der Waals surface area contributed by atoms with Crippen molar-refractivity contribution in [1.82, 2.24) is 10.3 Å². The summed E-state index contributed by atoms with van der Waals surface area (Å²) in [5.41, 5.74) is 1.02. The fourth-order valence-electron chi connectivity index (χ4n) is 1.84. The van der Waals surface area contributed by atoms with Gasteiger partial charge < -0.3 is 15.2 Å². The van der Waals surface area contributed by atoms with Crippen LogP contribution >= 0.6 is 11.6 Å². The maximum absolute atomic E-state index is 12.3. The molecule has 1 aromatic heterocycles. The summed E-state index contributed by atoms with van der Waals surface area (Å²) in [6.07, 6.45) is 0.435. The summed E-state index contributed by atoms with van der Waals surface area (Å²) >= 11 is 6.00. The molecular weight excluding hydrogens is 292 g/mol. The van der Waals surface area contributed by atoms with Crippen LogP contribution in [0.25, 0.3) is 0 Å². The zero-order valence-electron chi connectivity index (χ0n) is 12.9. The lowest BCUT2D eigenvalue weighted by atomic mass is 9.91. The number of amides is 1. The second-order valence-corrected chi connectivity index (χ2v) is 6.34.